The van der Waals surface area contributed by atoms with E-state index in [2.05, 4.69) is 155 Å². The third-order valence-electron chi connectivity index (χ3n) is 8.79. The molecular weight excluding hydrogens is 522 g/mol. The van der Waals surface area contributed by atoms with E-state index in [9.17, 15) is 0 Å². The van der Waals surface area contributed by atoms with Gasteiger partial charge >= 0.3 is 0 Å². The van der Waals surface area contributed by atoms with E-state index in [1.807, 2.05) is 6.07 Å². The van der Waals surface area contributed by atoms with Crippen molar-refractivity contribution in [2.75, 3.05) is 0 Å². The Kier molecular flexibility index (Phi) is 5.26. The van der Waals surface area contributed by atoms with E-state index in [1.54, 1.807) is 0 Å². The average Bonchev–Trinajstić information content (AvgIpc) is 3.61. The number of benzene rings is 6. The summed E-state index contributed by atoms with van der Waals surface area (Å²) in [6, 6.07) is 52.0. The predicted molar refractivity (Wildman–Crippen MR) is 180 cm³/mol. The van der Waals surface area contributed by atoms with Gasteiger partial charge in [-0.1, -0.05) is 133 Å². The Morgan fingerprint density at radius 1 is 0.488 bits per heavy atom. The van der Waals surface area contributed by atoms with Gasteiger partial charge < -0.3 is 9.72 Å². The van der Waals surface area contributed by atoms with Crippen molar-refractivity contribution in [1.82, 2.24) is 9.72 Å². The van der Waals surface area contributed by atoms with E-state index in [0.717, 1.165) is 22.7 Å². The molecule has 1 N–H and O–H groups in total. The molecule has 0 radical (unpaired) electrons. The molecule has 1 aliphatic heterocycles. The molecule has 3 heterocycles. The minimum Gasteiger partial charge on any atom is -0.359 e. The van der Waals surface area contributed by atoms with Crippen LogP contribution >= 0.6 is 0 Å². The second-order valence-corrected chi connectivity index (χ2v) is 11.3. The third-order valence-corrected chi connectivity index (χ3v) is 8.79. The van der Waals surface area contributed by atoms with Gasteiger partial charge in [0.15, 0.2) is 0 Å². The molecule has 9 rings (SSSR count). The lowest BCUT2D eigenvalue weighted by Gasteiger charge is -2.24. The number of nitrogens with zero attached hydrogens (tertiary/aromatic N) is 2. The summed E-state index contributed by atoms with van der Waals surface area (Å²) in [4.78, 5) is 5.19. The number of hydrogen-bond acceptors (Lipinski definition) is 2. The Hall–Kier alpha value is -5.67. The van der Waals surface area contributed by atoms with Crippen LogP contribution < -0.4 is 5.32 Å². The normalized spacial score (nSPS) is 15.2. The molecule has 1 atom stereocenters. The van der Waals surface area contributed by atoms with Crippen molar-refractivity contribution in [2.24, 2.45) is 4.99 Å². The van der Waals surface area contributed by atoms with E-state index in [1.165, 1.54) is 54.8 Å². The number of nitrogens with one attached hydrogen (secondary N) is 1. The van der Waals surface area contributed by atoms with Gasteiger partial charge in [-0.15, -0.1) is 0 Å². The zero-order valence-corrected chi connectivity index (χ0v) is 23.4. The first-order valence-electron chi connectivity index (χ1n) is 14.8. The summed E-state index contributed by atoms with van der Waals surface area (Å²) in [5.74, 6) is 0.882. The topological polar surface area (TPSA) is 28.8 Å². The van der Waals surface area contributed by atoms with Crippen molar-refractivity contribution in [3.8, 4) is 11.1 Å². The lowest BCUT2D eigenvalue weighted by molar-refractivity contribution is 0.781. The van der Waals surface area contributed by atoms with Crippen LogP contribution in [0, 0.1) is 0 Å². The maximum atomic E-state index is 5.19. The number of aliphatic imine (C=N–C) groups is 1. The minimum absolute atomic E-state index is 0.0166. The van der Waals surface area contributed by atoms with E-state index >= 15 is 0 Å². The molecule has 8 aromatic rings. The highest BCUT2D eigenvalue weighted by atomic mass is 15.0. The van der Waals surface area contributed by atoms with Gasteiger partial charge in [-0.25, -0.2) is 4.99 Å². The lowest BCUT2D eigenvalue weighted by atomic mass is 9.97. The molecule has 0 bridgehead atoms. The fourth-order valence-electron chi connectivity index (χ4n) is 6.72. The van der Waals surface area contributed by atoms with E-state index in [-0.39, 0.29) is 6.04 Å². The largest absolute Gasteiger partial charge is 0.359 e. The Morgan fingerprint density at radius 3 is 1.86 bits per heavy atom. The quantitative estimate of drug-likeness (QED) is 0.233. The van der Waals surface area contributed by atoms with Gasteiger partial charge in [0.2, 0.25) is 0 Å². The SMILES string of the molecule is C1=C(c2ccc3c4cccc5c6ccccc6n(c3c2)c54)N=C(c2ccccc2)NC1c1ccc(-c2ccccc2)cc1. The second-order valence-electron chi connectivity index (χ2n) is 11.3. The molecule has 0 amide bonds. The highest BCUT2D eigenvalue weighted by Crippen LogP contribution is 2.40. The Morgan fingerprint density at radius 2 is 1.09 bits per heavy atom. The predicted octanol–water partition coefficient (Wildman–Crippen LogP) is 9.64. The average molecular weight is 550 g/mol. The summed E-state index contributed by atoms with van der Waals surface area (Å²) in [7, 11) is 0. The number of amidine groups is 1. The Bertz CT molecular complexity index is 2340. The van der Waals surface area contributed by atoms with Crippen LogP contribution in [0.25, 0.3) is 54.9 Å². The molecule has 0 spiro atoms. The molecule has 0 saturated carbocycles. The molecule has 1 aliphatic rings. The molecule has 0 aliphatic carbocycles. The number of fused-ring (bicyclic) bond motifs is 6. The minimum atomic E-state index is -0.0166. The van der Waals surface area contributed by atoms with Crippen molar-refractivity contribution in [1.29, 1.82) is 0 Å². The summed E-state index contributed by atoms with van der Waals surface area (Å²) < 4.78 is 2.43. The van der Waals surface area contributed by atoms with Crippen molar-refractivity contribution < 1.29 is 0 Å². The zero-order valence-electron chi connectivity index (χ0n) is 23.4. The molecule has 0 saturated heterocycles. The highest BCUT2D eigenvalue weighted by Gasteiger charge is 2.22. The molecule has 2 aromatic heterocycles. The van der Waals surface area contributed by atoms with Crippen LogP contribution in [0.4, 0.5) is 0 Å². The summed E-state index contributed by atoms with van der Waals surface area (Å²) in [5.41, 5.74) is 10.5. The summed E-state index contributed by atoms with van der Waals surface area (Å²) in [5, 5.41) is 8.87. The first-order chi connectivity index (χ1) is 21.3. The van der Waals surface area contributed by atoms with Crippen LogP contribution in [0.5, 0.6) is 0 Å². The Labute approximate surface area is 249 Å². The Balaban J connectivity index is 1.21. The van der Waals surface area contributed by atoms with E-state index in [4.69, 9.17) is 4.99 Å². The molecule has 0 fully saturated rings. The summed E-state index contributed by atoms with van der Waals surface area (Å²) in [6.07, 6.45) is 2.26. The van der Waals surface area contributed by atoms with Crippen molar-refractivity contribution >= 4 is 49.6 Å². The number of para-hydroxylation sites is 2. The maximum Gasteiger partial charge on any atom is 0.134 e. The molecule has 3 nitrogen and oxygen atoms in total. The maximum absolute atomic E-state index is 5.19. The lowest BCUT2D eigenvalue weighted by Crippen LogP contribution is -2.31. The summed E-state index contributed by atoms with van der Waals surface area (Å²) in [6.45, 7) is 0. The van der Waals surface area contributed by atoms with Crippen LogP contribution in [-0.2, 0) is 0 Å². The van der Waals surface area contributed by atoms with Gasteiger partial charge in [-0.05, 0) is 34.9 Å². The van der Waals surface area contributed by atoms with Gasteiger partial charge in [0.1, 0.15) is 5.84 Å². The van der Waals surface area contributed by atoms with Gasteiger partial charge in [0.05, 0.1) is 28.3 Å². The number of aromatic nitrogens is 1. The standard InChI is InChI=1S/C40H27N3/c1-3-10-26(11-4-1)27-18-20-28(21-19-27)35-25-36(42-40(41-35)29-12-5-2-6-13-29)30-22-23-32-34-16-9-15-33-31-14-7-8-17-37(31)43(39(33)34)38(32)24-30/h1-25,35H,(H,41,42). The van der Waals surface area contributed by atoms with Crippen molar-refractivity contribution in [3.63, 3.8) is 0 Å². The van der Waals surface area contributed by atoms with Crippen LogP contribution in [0.15, 0.2) is 157 Å². The van der Waals surface area contributed by atoms with Crippen molar-refractivity contribution in [3.05, 3.63) is 168 Å². The van der Waals surface area contributed by atoms with Crippen LogP contribution in [0.1, 0.15) is 22.7 Å². The van der Waals surface area contributed by atoms with Crippen LogP contribution in [0.3, 0.4) is 0 Å². The fraction of sp³-hybridized carbons (Fsp3) is 0.0250. The molecule has 6 aromatic carbocycles. The van der Waals surface area contributed by atoms with Gasteiger partial charge in [0.25, 0.3) is 0 Å². The smallest absolute Gasteiger partial charge is 0.134 e. The van der Waals surface area contributed by atoms with Gasteiger partial charge in [0, 0.05) is 32.7 Å². The van der Waals surface area contributed by atoms with Crippen molar-refractivity contribution in [2.45, 2.75) is 6.04 Å². The second kappa shape index (κ2) is 9.43. The fourth-order valence-corrected chi connectivity index (χ4v) is 6.72. The first-order valence-corrected chi connectivity index (χ1v) is 14.8. The van der Waals surface area contributed by atoms with Gasteiger partial charge in [-0.3, -0.25) is 0 Å². The molecule has 1 unspecified atom stereocenters. The van der Waals surface area contributed by atoms with Crippen LogP contribution in [-0.4, -0.2) is 10.2 Å². The van der Waals surface area contributed by atoms with E-state index < -0.39 is 0 Å². The van der Waals surface area contributed by atoms with Crippen LogP contribution in [0.2, 0.25) is 0 Å². The molecule has 43 heavy (non-hydrogen) atoms. The van der Waals surface area contributed by atoms with Gasteiger partial charge in [-0.2, -0.15) is 0 Å². The molecule has 3 heteroatoms. The zero-order chi connectivity index (χ0) is 28.3. The van der Waals surface area contributed by atoms with E-state index in [0.29, 0.717) is 0 Å². The highest BCUT2D eigenvalue weighted by molar-refractivity contribution is 6.23. The number of rotatable bonds is 4. The first kappa shape index (κ1) is 24.0. The third kappa shape index (κ3) is 3.79. The number of hydrogen-bond donors (Lipinski definition) is 1. The molecule has 202 valence electrons. The summed E-state index contributed by atoms with van der Waals surface area (Å²) >= 11 is 0. The molecular formula is C40H27N3. The monoisotopic (exact) mass is 549 g/mol.